The van der Waals surface area contributed by atoms with Gasteiger partial charge in [0.2, 0.25) is 5.91 Å². The van der Waals surface area contributed by atoms with Crippen LogP contribution >= 0.6 is 0 Å². The van der Waals surface area contributed by atoms with Gasteiger partial charge in [-0.2, -0.15) is 0 Å². The smallest absolute Gasteiger partial charge is 0.251 e. The largest absolute Gasteiger partial charge is 0.383 e. The maximum absolute atomic E-state index is 12.6. The van der Waals surface area contributed by atoms with E-state index in [2.05, 4.69) is 21.7 Å². The number of nitrogens with zero attached hydrogens (tertiary/aromatic N) is 5. The van der Waals surface area contributed by atoms with Crippen molar-refractivity contribution in [3.63, 3.8) is 0 Å². The van der Waals surface area contributed by atoms with Crippen molar-refractivity contribution < 1.29 is 14.7 Å². The van der Waals surface area contributed by atoms with Crippen LogP contribution in [0.1, 0.15) is 50.8 Å². The Morgan fingerprint density at radius 1 is 1.24 bits per heavy atom. The van der Waals surface area contributed by atoms with Crippen LogP contribution in [-0.4, -0.2) is 73.8 Å². The summed E-state index contributed by atoms with van der Waals surface area (Å²) in [6.45, 7) is 4.89. The SMILES string of the molecule is CCn1cnnc1C1CCN(C(=O)CN2CCCCC(O)C2=O)CC1. The first-order valence-corrected chi connectivity index (χ1v) is 9.22. The van der Waals surface area contributed by atoms with Gasteiger partial charge in [-0.3, -0.25) is 9.59 Å². The lowest BCUT2D eigenvalue weighted by Gasteiger charge is -2.33. The number of piperidine rings is 1. The Morgan fingerprint density at radius 3 is 2.72 bits per heavy atom. The number of amides is 2. The Bertz CT molecular complexity index is 609. The molecule has 0 aliphatic carbocycles. The van der Waals surface area contributed by atoms with Crippen LogP contribution in [0.4, 0.5) is 0 Å². The van der Waals surface area contributed by atoms with Gasteiger partial charge in [-0.15, -0.1) is 10.2 Å². The topological polar surface area (TPSA) is 91.6 Å². The fraction of sp³-hybridized carbons (Fsp3) is 0.765. The Labute approximate surface area is 147 Å². The summed E-state index contributed by atoms with van der Waals surface area (Å²) < 4.78 is 2.05. The third kappa shape index (κ3) is 4.00. The quantitative estimate of drug-likeness (QED) is 0.848. The Morgan fingerprint density at radius 2 is 2.00 bits per heavy atom. The van der Waals surface area contributed by atoms with Crippen molar-refractivity contribution in [2.24, 2.45) is 0 Å². The van der Waals surface area contributed by atoms with Crippen molar-refractivity contribution in [2.45, 2.75) is 57.6 Å². The maximum Gasteiger partial charge on any atom is 0.251 e. The summed E-state index contributed by atoms with van der Waals surface area (Å²) in [5, 5.41) is 18.0. The first-order chi connectivity index (χ1) is 12.1. The molecule has 25 heavy (non-hydrogen) atoms. The molecule has 0 saturated carbocycles. The summed E-state index contributed by atoms with van der Waals surface area (Å²) in [6, 6.07) is 0. The lowest BCUT2D eigenvalue weighted by atomic mass is 9.96. The van der Waals surface area contributed by atoms with Gasteiger partial charge < -0.3 is 19.5 Å². The number of hydrogen-bond donors (Lipinski definition) is 1. The molecule has 0 aromatic carbocycles. The molecule has 0 spiro atoms. The van der Waals surface area contributed by atoms with Gasteiger partial charge in [0.15, 0.2) is 0 Å². The molecular weight excluding hydrogens is 322 g/mol. The summed E-state index contributed by atoms with van der Waals surface area (Å²) >= 11 is 0. The second-order valence-electron chi connectivity index (χ2n) is 6.90. The number of aryl methyl sites for hydroxylation is 1. The van der Waals surface area contributed by atoms with Gasteiger partial charge in [0.05, 0.1) is 6.54 Å². The summed E-state index contributed by atoms with van der Waals surface area (Å²) in [4.78, 5) is 28.0. The van der Waals surface area contributed by atoms with Crippen LogP contribution in [0.2, 0.25) is 0 Å². The first-order valence-electron chi connectivity index (χ1n) is 9.22. The molecule has 2 saturated heterocycles. The average molecular weight is 349 g/mol. The van der Waals surface area contributed by atoms with Gasteiger partial charge in [-0.25, -0.2) is 0 Å². The van der Waals surface area contributed by atoms with Crippen molar-refractivity contribution in [1.29, 1.82) is 0 Å². The molecule has 2 fully saturated rings. The van der Waals surface area contributed by atoms with Crippen LogP contribution in [0.5, 0.6) is 0 Å². The summed E-state index contributed by atoms with van der Waals surface area (Å²) in [5.74, 6) is 0.989. The third-order valence-electron chi connectivity index (χ3n) is 5.28. The normalized spacial score (nSPS) is 23.0. The first kappa shape index (κ1) is 17.8. The van der Waals surface area contributed by atoms with Gasteiger partial charge >= 0.3 is 0 Å². The Hall–Kier alpha value is -1.96. The van der Waals surface area contributed by atoms with Gasteiger partial charge in [0, 0.05) is 32.1 Å². The minimum atomic E-state index is -0.957. The molecule has 1 unspecified atom stereocenters. The van der Waals surface area contributed by atoms with E-state index in [1.54, 1.807) is 6.33 Å². The highest BCUT2D eigenvalue weighted by Crippen LogP contribution is 2.26. The average Bonchev–Trinajstić information content (AvgIpc) is 3.06. The van der Waals surface area contributed by atoms with Crippen LogP contribution in [0.25, 0.3) is 0 Å². The van der Waals surface area contributed by atoms with Crippen LogP contribution in [0.3, 0.4) is 0 Å². The summed E-state index contributed by atoms with van der Waals surface area (Å²) in [7, 11) is 0. The monoisotopic (exact) mass is 349 g/mol. The Kier molecular flexibility index (Phi) is 5.67. The van der Waals surface area contributed by atoms with E-state index in [1.165, 1.54) is 4.90 Å². The number of likely N-dealkylation sites (tertiary alicyclic amines) is 2. The molecule has 1 N–H and O–H groups in total. The molecule has 8 nitrogen and oxygen atoms in total. The minimum absolute atomic E-state index is 0.0298. The molecule has 2 amide bonds. The van der Waals surface area contributed by atoms with E-state index in [1.807, 2.05) is 4.90 Å². The molecule has 2 aliphatic heterocycles. The van der Waals surface area contributed by atoms with E-state index in [0.29, 0.717) is 32.0 Å². The number of aromatic nitrogens is 3. The third-order valence-corrected chi connectivity index (χ3v) is 5.28. The number of hydrogen-bond acceptors (Lipinski definition) is 5. The van der Waals surface area contributed by atoms with E-state index >= 15 is 0 Å². The van der Waals surface area contributed by atoms with E-state index in [9.17, 15) is 14.7 Å². The molecule has 8 heteroatoms. The molecule has 2 aliphatic rings. The van der Waals surface area contributed by atoms with E-state index in [0.717, 1.165) is 38.1 Å². The van der Waals surface area contributed by atoms with Gasteiger partial charge in [0.1, 0.15) is 18.3 Å². The number of aliphatic hydroxyl groups excluding tert-OH is 1. The number of aliphatic hydroxyl groups is 1. The van der Waals surface area contributed by atoms with Crippen LogP contribution in [0.15, 0.2) is 6.33 Å². The van der Waals surface area contributed by atoms with Crippen LogP contribution in [0, 0.1) is 0 Å². The molecular formula is C17H27N5O3. The van der Waals surface area contributed by atoms with Gasteiger partial charge in [-0.1, -0.05) is 0 Å². The van der Waals surface area contributed by atoms with Crippen molar-refractivity contribution >= 4 is 11.8 Å². The van der Waals surface area contributed by atoms with Crippen LogP contribution < -0.4 is 0 Å². The van der Waals surface area contributed by atoms with Crippen molar-refractivity contribution in [3.05, 3.63) is 12.2 Å². The molecule has 1 aromatic rings. The summed E-state index contributed by atoms with van der Waals surface area (Å²) in [6.07, 6.45) is 4.67. The molecule has 138 valence electrons. The molecule has 0 radical (unpaired) electrons. The van der Waals surface area contributed by atoms with Gasteiger partial charge in [0.25, 0.3) is 5.91 Å². The van der Waals surface area contributed by atoms with Crippen LogP contribution in [-0.2, 0) is 16.1 Å². The zero-order chi connectivity index (χ0) is 17.8. The molecule has 1 aromatic heterocycles. The van der Waals surface area contributed by atoms with Crippen molar-refractivity contribution in [3.8, 4) is 0 Å². The predicted octanol–water partition coefficient (Wildman–Crippen LogP) is 0.377. The highest BCUT2D eigenvalue weighted by atomic mass is 16.3. The fourth-order valence-electron chi connectivity index (χ4n) is 3.72. The van der Waals surface area contributed by atoms with Crippen molar-refractivity contribution in [1.82, 2.24) is 24.6 Å². The molecule has 3 rings (SSSR count). The zero-order valence-corrected chi connectivity index (χ0v) is 14.8. The second-order valence-corrected chi connectivity index (χ2v) is 6.90. The number of carbonyl (C=O) groups is 2. The fourth-order valence-corrected chi connectivity index (χ4v) is 3.72. The zero-order valence-electron chi connectivity index (χ0n) is 14.8. The predicted molar refractivity (Wildman–Crippen MR) is 90.7 cm³/mol. The maximum atomic E-state index is 12.6. The highest BCUT2D eigenvalue weighted by Gasteiger charge is 2.30. The lowest BCUT2D eigenvalue weighted by Crippen LogP contribution is -2.47. The summed E-state index contributed by atoms with van der Waals surface area (Å²) in [5.41, 5.74) is 0. The highest BCUT2D eigenvalue weighted by molar-refractivity contribution is 5.87. The molecule has 1 atom stereocenters. The second kappa shape index (κ2) is 7.95. The van der Waals surface area contributed by atoms with Crippen molar-refractivity contribution in [2.75, 3.05) is 26.2 Å². The van der Waals surface area contributed by atoms with Gasteiger partial charge in [-0.05, 0) is 39.0 Å². The Balaban J connectivity index is 1.54. The number of rotatable bonds is 4. The van der Waals surface area contributed by atoms with E-state index in [4.69, 9.17) is 0 Å². The lowest BCUT2D eigenvalue weighted by molar-refractivity contribution is -0.145. The standard InChI is InChI=1S/C17H27N5O3/c1-2-20-12-18-19-16(20)13-6-9-21(10-7-13)15(24)11-22-8-4-3-5-14(23)17(22)25/h12-14,23H,2-11H2,1H3. The van der Waals surface area contributed by atoms with E-state index < -0.39 is 6.10 Å². The van der Waals surface area contributed by atoms with E-state index in [-0.39, 0.29) is 18.4 Å². The minimum Gasteiger partial charge on any atom is -0.383 e. The molecule has 0 bridgehead atoms. The molecule has 3 heterocycles. The number of carbonyl (C=O) groups excluding carboxylic acids is 2.